The Morgan fingerprint density at radius 2 is 1.95 bits per heavy atom. The Balaban J connectivity index is 2.71. The van der Waals surface area contributed by atoms with Crippen LogP contribution in [0.15, 0.2) is 18.2 Å². The van der Waals surface area contributed by atoms with Gasteiger partial charge in [-0.2, -0.15) is 10.5 Å². The number of hydrogen-bond acceptors (Lipinski definition) is 4. The average molecular weight is 284 g/mol. The Labute approximate surface area is 125 Å². The molecule has 1 rings (SSSR count). The monoisotopic (exact) mass is 284 g/mol. The van der Waals surface area contributed by atoms with Crippen molar-refractivity contribution < 1.29 is 4.79 Å². The van der Waals surface area contributed by atoms with Gasteiger partial charge < -0.3 is 11.1 Å². The van der Waals surface area contributed by atoms with Crippen molar-refractivity contribution in [3.8, 4) is 12.1 Å². The van der Waals surface area contributed by atoms with Crippen molar-refractivity contribution in [2.24, 2.45) is 17.6 Å². The minimum Gasteiger partial charge on any atom is -0.330 e. The van der Waals surface area contributed by atoms with Crippen LogP contribution in [-0.2, 0) is 4.79 Å². The molecule has 110 valence electrons. The number of carbonyl (C=O) groups is 1. The molecule has 0 unspecified atom stereocenters. The zero-order valence-corrected chi connectivity index (χ0v) is 12.4. The third-order valence-electron chi connectivity index (χ3n) is 3.16. The predicted molar refractivity (Wildman–Crippen MR) is 81.1 cm³/mol. The molecule has 5 nitrogen and oxygen atoms in total. The second-order valence-electron chi connectivity index (χ2n) is 5.47. The number of nitrogens with zero attached hydrogens (tertiary/aromatic N) is 2. The minimum atomic E-state index is -0.125. The van der Waals surface area contributed by atoms with Crippen molar-refractivity contribution in [1.29, 1.82) is 10.5 Å². The van der Waals surface area contributed by atoms with E-state index in [1.807, 2.05) is 12.1 Å². The molecule has 0 aromatic heterocycles. The molecule has 0 fully saturated rings. The number of anilines is 1. The molecule has 0 aliphatic rings. The average Bonchev–Trinajstić information content (AvgIpc) is 2.45. The van der Waals surface area contributed by atoms with Gasteiger partial charge in [-0.15, -0.1) is 0 Å². The fourth-order valence-electron chi connectivity index (χ4n) is 2.22. The molecule has 0 radical (unpaired) electrons. The van der Waals surface area contributed by atoms with Gasteiger partial charge in [-0.25, -0.2) is 0 Å². The van der Waals surface area contributed by atoms with Gasteiger partial charge in [0.15, 0.2) is 0 Å². The maximum atomic E-state index is 12.0. The molecule has 0 aliphatic carbocycles. The Kier molecular flexibility index (Phi) is 6.39. The molecule has 0 saturated carbocycles. The van der Waals surface area contributed by atoms with E-state index in [4.69, 9.17) is 16.3 Å². The lowest BCUT2D eigenvalue weighted by Gasteiger charge is -2.16. The van der Waals surface area contributed by atoms with Crippen molar-refractivity contribution >= 4 is 11.6 Å². The van der Waals surface area contributed by atoms with E-state index in [-0.39, 0.29) is 17.4 Å². The minimum absolute atomic E-state index is 0.125. The highest BCUT2D eigenvalue weighted by Crippen LogP contribution is 2.18. The molecule has 0 aliphatic heterocycles. The van der Waals surface area contributed by atoms with Crippen molar-refractivity contribution in [3.63, 3.8) is 0 Å². The number of rotatable bonds is 6. The summed E-state index contributed by atoms with van der Waals surface area (Å²) in [7, 11) is 0. The summed E-state index contributed by atoms with van der Waals surface area (Å²) in [5.74, 6) is 0.518. The Morgan fingerprint density at radius 1 is 1.29 bits per heavy atom. The molecule has 1 aromatic carbocycles. The van der Waals surface area contributed by atoms with Crippen LogP contribution in [0.25, 0.3) is 0 Å². The molecule has 5 heteroatoms. The van der Waals surface area contributed by atoms with Crippen LogP contribution in [0.5, 0.6) is 0 Å². The second-order valence-corrected chi connectivity index (χ2v) is 5.47. The summed E-state index contributed by atoms with van der Waals surface area (Å²) in [5, 5.41) is 20.6. The maximum absolute atomic E-state index is 12.0. The predicted octanol–water partition coefficient (Wildman–Crippen LogP) is 2.38. The first kappa shape index (κ1) is 16.7. The lowest BCUT2D eigenvalue weighted by Crippen LogP contribution is -2.23. The molecular weight excluding hydrogens is 264 g/mol. The van der Waals surface area contributed by atoms with Crippen LogP contribution in [0, 0.1) is 34.5 Å². The van der Waals surface area contributed by atoms with Crippen LogP contribution in [-0.4, -0.2) is 12.5 Å². The van der Waals surface area contributed by atoms with Crippen molar-refractivity contribution in [2.45, 2.75) is 26.7 Å². The van der Waals surface area contributed by atoms with Crippen LogP contribution in [0.4, 0.5) is 5.69 Å². The summed E-state index contributed by atoms with van der Waals surface area (Å²) in [4.78, 5) is 12.0. The van der Waals surface area contributed by atoms with Gasteiger partial charge in [0.25, 0.3) is 0 Å². The van der Waals surface area contributed by atoms with E-state index in [0.29, 0.717) is 30.1 Å². The summed E-state index contributed by atoms with van der Waals surface area (Å²) in [6, 6.07) is 8.55. The molecule has 0 spiro atoms. The van der Waals surface area contributed by atoms with E-state index < -0.39 is 0 Å². The molecule has 0 saturated heterocycles. The van der Waals surface area contributed by atoms with E-state index in [2.05, 4.69) is 19.2 Å². The normalized spacial score (nSPS) is 11.5. The first-order valence-corrected chi connectivity index (χ1v) is 6.94. The van der Waals surface area contributed by atoms with Crippen LogP contribution in [0.3, 0.4) is 0 Å². The zero-order chi connectivity index (χ0) is 15.8. The van der Waals surface area contributed by atoms with Crippen molar-refractivity contribution in [3.05, 3.63) is 29.3 Å². The van der Waals surface area contributed by atoms with E-state index in [1.54, 1.807) is 6.07 Å². The SMILES string of the molecule is CC(C)C[C@H](CN)CC(=O)Nc1ccc(C#N)c(C#N)c1. The first-order valence-electron chi connectivity index (χ1n) is 6.94. The van der Waals surface area contributed by atoms with E-state index in [0.717, 1.165) is 6.42 Å². The Hall–Kier alpha value is -2.37. The first-order chi connectivity index (χ1) is 9.99. The number of nitrogens with two attached hydrogens (primary N) is 1. The van der Waals surface area contributed by atoms with Crippen LogP contribution >= 0.6 is 0 Å². The number of nitriles is 2. The van der Waals surface area contributed by atoms with Gasteiger partial charge in [-0.1, -0.05) is 13.8 Å². The van der Waals surface area contributed by atoms with E-state index in [1.165, 1.54) is 12.1 Å². The molecule has 1 atom stereocenters. The van der Waals surface area contributed by atoms with Crippen molar-refractivity contribution in [1.82, 2.24) is 0 Å². The number of amides is 1. The third kappa shape index (κ3) is 5.25. The fourth-order valence-corrected chi connectivity index (χ4v) is 2.22. The molecule has 3 N–H and O–H groups in total. The van der Waals surface area contributed by atoms with E-state index in [9.17, 15) is 4.79 Å². The molecule has 21 heavy (non-hydrogen) atoms. The van der Waals surface area contributed by atoms with Crippen molar-refractivity contribution in [2.75, 3.05) is 11.9 Å². The lowest BCUT2D eigenvalue weighted by molar-refractivity contribution is -0.117. The van der Waals surface area contributed by atoms with Crippen LogP contribution in [0.1, 0.15) is 37.8 Å². The summed E-state index contributed by atoms with van der Waals surface area (Å²) in [5.41, 5.74) is 6.77. The summed E-state index contributed by atoms with van der Waals surface area (Å²) in [6.07, 6.45) is 1.26. The fraction of sp³-hybridized carbons (Fsp3) is 0.438. The molecule has 0 bridgehead atoms. The van der Waals surface area contributed by atoms with Crippen LogP contribution < -0.4 is 11.1 Å². The summed E-state index contributed by atoms with van der Waals surface area (Å²) < 4.78 is 0. The van der Waals surface area contributed by atoms with Crippen LogP contribution in [0.2, 0.25) is 0 Å². The highest BCUT2D eigenvalue weighted by molar-refractivity contribution is 5.91. The molecular formula is C16H20N4O. The summed E-state index contributed by atoms with van der Waals surface area (Å²) >= 11 is 0. The topological polar surface area (TPSA) is 103 Å². The number of hydrogen-bond donors (Lipinski definition) is 2. The molecule has 0 heterocycles. The van der Waals surface area contributed by atoms with Gasteiger partial charge in [0.05, 0.1) is 11.1 Å². The maximum Gasteiger partial charge on any atom is 0.224 e. The second kappa shape index (κ2) is 8.04. The number of benzene rings is 1. The lowest BCUT2D eigenvalue weighted by atomic mass is 9.94. The summed E-state index contributed by atoms with van der Waals surface area (Å²) in [6.45, 7) is 4.67. The van der Waals surface area contributed by atoms with Gasteiger partial charge in [0, 0.05) is 12.1 Å². The van der Waals surface area contributed by atoms with Gasteiger partial charge in [-0.05, 0) is 43.0 Å². The van der Waals surface area contributed by atoms with Gasteiger partial charge in [0.2, 0.25) is 5.91 Å². The number of carbonyl (C=O) groups excluding carboxylic acids is 1. The zero-order valence-electron chi connectivity index (χ0n) is 12.4. The quantitative estimate of drug-likeness (QED) is 0.837. The highest BCUT2D eigenvalue weighted by atomic mass is 16.1. The highest BCUT2D eigenvalue weighted by Gasteiger charge is 2.14. The largest absolute Gasteiger partial charge is 0.330 e. The Morgan fingerprint density at radius 3 is 2.48 bits per heavy atom. The van der Waals surface area contributed by atoms with Gasteiger partial charge in [0.1, 0.15) is 12.1 Å². The van der Waals surface area contributed by atoms with Gasteiger partial charge in [-0.3, -0.25) is 4.79 Å². The standard InChI is InChI=1S/C16H20N4O/c1-11(2)5-12(8-17)6-16(21)20-15-4-3-13(9-18)14(7-15)10-19/h3-4,7,11-12H,5-6,8,17H2,1-2H3,(H,20,21)/t12-/m0/s1. The third-order valence-corrected chi connectivity index (χ3v) is 3.16. The van der Waals surface area contributed by atoms with E-state index >= 15 is 0 Å². The molecule has 1 aromatic rings. The molecule has 1 amide bonds. The smallest absolute Gasteiger partial charge is 0.224 e. The number of nitrogens with one attached hydrogen (secondary N) is 1. The van der Waals surface area contributed by atoms with Gasteiger partial charge >= 0.3 is 0 Å². The Bertz CT molecular complexity index is 581.